The molecule has 0 fully saturated rings. The molecule has 3 aromatic rings. The summed E-state index contributed by atoms with van der Waals surface area (Å²) in [5.41, 5.74) is 1.61. The van der Waals surface area contributed by atoms with Crippen molar-refractivity contribution >= 4 is 5.91 Å². The van der Waals surface area contributed by atoms with Crippen LogP contribution in [0.4, 0.5) is 8.78 Å². The molecule has 25 heavy (non-hydrogen) atoms. The lowest BCUT2D eigenvalue weighted by molar-refractivity contribution is 0.0902. The second-order valence-electron chi connectivity index (χ2n) is 5.67. The molecule has 0 aliphatic carbocycles. The number of halogens is 2. The zero-order valence-corrected chi connectivity index (χ0v) is 13.0. The molecule has 1 aliphatic rings. The van der Waals surface area contributed by atoms with Gasteiger partial charge in [-0.15, -0.1) is 0 Å². The van der Waals surface area contributed by atoms with Crippen LogP contribution in [0.5, 0.6) is 5.75 Å². The molecular weight excluding hydrogens is 328 g/mol. The van der Waals surface area contributed by atoms with Gasteiger partial charge in [0.2, 0.25) is 0 Å². The maximum absolute atomic E-state index is 14.0. The Kier molecular flexibility index (Phi) is 3.72. The molecule has 1 aliphatic heterocycles. The van der Waals surface area contributed by atoms with Gasteiger partial charge >= 0.3 is 0 Å². The first-order valence-corrected chi connectivity index (χ1v) is 7.69. The standard InChI is InChI=1S/C19H13F2NO3/c20-12-8-14(21)17-15(10-25-16(17)9-12)22-19(23)18-13(6-7-24-18)11-4-2-1-3-5-11/h1-9,15H,10H2,(H,22,23). The zero-order valence-electron chi connectivity index (χ0n) is 13.0. The van der Waals surface area contributed by atoms with E-state index in [9.17, 15) is 13.6 Å². The monoisotopic (exact) mass is 341 g/mol. The predicted octanol–water partition coefficient (Wildman–Crippen LogP) is 4.09. The Morgan fingerprint density at radius 1 is 1.12 bits per heavy atom. The quantitative estimate of drug-likeness (QED) is 0.781. The number of nitrogens with one attached hydrogen (secondary N) is 1. The van der Waals surface area contributed by atoms with E-state index in [1.54, 1.807) is 6.07 Å². The lowest BCUT2D eigenvalue weighted by Crippen LogP contribution is -2.30. The Morgan fingerprint density at radius 2 is 1.92 bits per heavy atom. The van der Waals surface area contributed by atoms with Crippen molar-refractivity contribution in [1.29, 1.82) is 0 Å². The van der Waals surface area contributed by atoms with Crippen molar-refractivity contribution in [1.82, 2.24) is 5.32 Å². The molecular formula is C19H13F2NO3. The summed E-state index contributed by atoms with van der Waals surface area (Å²) < 4.78 is 37.9. The van der Waals surface area contributed by atoms with Crippen LogP contribution in [-0.4, -0.2) is 12.5 Å². The van der Waals surface area contributed by atoms with Gasteiger partial charge in [-0.25, -0.2) is 8.78 Å². The molecule has 4 nitrogen and oxygen atoms in total. The fraction of sp³-hybridized carbons (Fsp3) is 0.105. The number of furan rings is 1. The van der Waals surface area contributed by atoms with Crippen molar-refractivity contribution in [3.8, 4) is 16.9 Å². The fourth-order valence-electron chi connectivity index (χ4n) is 2.94. The fourth-order valence-corrected chi connectivity index (χ4v) is 2.94. The molecule has 1 unspecified atom stereocenters. The normalized spacial score (nSPS) is 15.5. The predicted molar refractivity (Wildman–Crippen MR) is 86.2 cm³/mol. The minimum Gasteiger partial charge on any atom is -0.490 e. The molecule has 2 heterocycles. The number of rotatable bonds is 3. The molecule has 0 saturated heterocycles. The lowest BCUT2D eigenvalue weighted by Gasteiger charge is -2.12. The number of ether oxygens (including phenoxy) is 1. The number of hydrogen-bond acceptors (Lipinski definition) is 3. The van der Waals surface area contributed by atoms with Gasteiger partial charge in [0, 0.05) is 17.7 Å². The molecule has 1 amide bonds. The van der Waals surface area contributed by atoms with Crippen LogP contribution in [0, 0.1) is 11.6 Å². The highest BCUT2D eigenvalue weighted by molar-refractivity contribution is 5.98. The smallest absolute Gasteiger partial charge is 0.288 e. The highest BCUT2D eigenvalue weighted by Gasteiger charge is 2.31. The third-order valence-corrected chi connectivity index (χ3v) is 4.07. The van der Waals surface area contributed by atoms with Crippen LogP contribution < -0.4 is 10.1 Å². The van der Waals surface area contributed by atoms with E-state index in [0.717, 1.165) is 17.7 Å². The largest absolute Gasteiger partial charge is 0.490 e. The van der Waals surface area contributed by atoms with Gasteiger partial charge in [-0.3, -0.25) is 4.79 Å². The Bertz CT molecular complexity index is 937. The van der Waals surface area contributed by atoms with E-state index >= 15 is 0 Å². The maximum atomic E-state index is 14.0. The van der Waals surface area contributed by atoms with Crippen LogP contribution >= 0.6 is 0 Å². The van der Waals surface area contributed by atoms with E-state index in [1.165, 1.54) is 6.26 Å². The van der Waals surface area contributed by atoms with Crippen LogP contribution in [-0.2, 0) is 0 Å². The van der Waals surface area contributed by atoms with Gasteiger partial charge in [-0.2, -0.15) is 0 Å². The summed E-state index contributed by atoms with van der Waals surface area (Å²) in [7, 11) is 0. The molecule has 0 spiro atoms. The van der Waals surface area contributed by atoms with E-state index in [2.05, 4.69) is 5.32 Å². The number of benzene rings is 2. The molecule has 1 aromatic heterocycles. The number of carbonyl (C=O) groups is 1. The molecule has 0 radical (unpaired) electrons. The Morgan fingerprint density at radius 3 is 2.72 bits per heavy atom. The minimum absolute atomic E-state index is 0.0306. The third kappa shape index (κ3) is 2.76. The molecule has 1 atom stereocenters. The summed E-state index contributed by atoms with van der Waals surface area (Å²) >= 11 is 0. The number of fused-ring (bicyclic) bond motifs is 1. The SMILES string of the molecule is O=C(NC1COc2cc(F)cc(F)c21)c1occc1-c1ccccc1. The number of amides is 1. The molecule has 0 bridgehead atoms. The van der Waals surface area contributed by atoms with Crippen molar-refractivity contribution in [2.45, 2.75) is 6.04 Å². The third-order valence-electron chi connectivity index (χ3n) is 4.07. The average molecular weight is 341 g/mol. The van der Waals surface area contributed by atoms with E-state index < -0.39 is 23.6 Å². The average Bonchev–Trinajstić information content (AvgIpc) is 3.23. The Balaban J connectivity index is 1.61. The minimum atomic E-state index is -0.750. The topological polar surface area (TPSA) is 51.5 Å². The lowest BCUT2D eigenvalue weighted by atomic mass is 10.0. The van der Waals surface area contributed by atoms with E-state index in [4.69, 9.17) is 9.15 Å². The highest BCUT2D eigenvalue weighted by atomic mass is 19.1. The van der Waals surface area contributed by atoms with Crippen molar-refractivity contribution in [3.05, 3.63) is 77.8 Å². The summed E-state index contributed by atoms with van der Waals surface area (Å²) in [6, 6.07) is 12.2. The van der Waals surface area contributed by atoms with Crippen molar-refractivity contribution in [2.24, 2.45) is 0 Å². The van der Waals surface area contributed by atoms with Crippen molar-refractivity contribution < 1.29 is 22.7 Å². The molecule has 0 saturated carbocycles. The highest BCUT2D eigenvalue weighted by Crippen LogP contribution is 2.35. The van der Waals surface area contributed by atoms with Crippen molar-refractivity contribution in [3.63, 3.8) is 0 Å². The van der Waals surface area contributed by atoms with Crippen LogP contribution in [0.3, 0.4) is 0 Å². The molecule has 6 heteroatoms. The first-order chi connectivity index (χ1) is 12.1. The number of carbonyl (C=O) groups excluding carboxylic acids is 1. The first kappa shape index (κ1) is 15.4. The van der Waals surface area contributed by atoms with Gasteiger partial charge in [0.25, 0.3) is 5.91 Å². The summed E-state index contributed by atoms with van der Waals surface area (Å²) in [6.07, 6.45) is 1.42. The van der Waals surface area contributed by atoms with E-state index in [0.29, 0.717) is 5.56 Å². The van der Waals surface area contributed by atoms with Gasteiger partial charge in [-0.05, 0) is 11.6 Å². The summed E-state index contributed by atoms with van der Waals surface area (Å²) in [4.78, 5) is 12.6. The number of hydrogen-bond donors (Lipinski definition) is 1. The molecule has 2 aromatic carbocycles. The van der Waals surface area contributed by atoms with Gasteiger partial charge in [0.15, 0.2) is 5.76 Å². The van der Waals surface area contributed by atoms with Crippen molar-refractivity contribution in [2.75, 3.05) is 6.61 Å². The van der Waals surface area contributed by atoms with Gasteiger partial charge in [0.1, 0.15) is 24.0 Å². The van der Waals surface area contributed by atoms with Gasteiger partial charge in [0.05, 0.1) is 17.9 Å². The summed E-state index contributed by atoms with van der Waals surface area (Å²) in [5.74, 6) is -1.73. The summed E-state index contributed by atoms with van der Waals surface area (Å²) in [5, 5.41) is 2.69. The molecule has 126 valence electrons. The van der Waals surface area contributed by atoms with E-state index in [1.807, 2.05) is 30.3 Å². The Hall–Kier alpha value is -3.15. The first-order valence-electron chi connectivity index (χ1n) is 7.69. The van der Waals surface area contributed by atoms with Gasteiger partial charge in [-0.1, -0.05) is 30.3 Å². The maximum Gasteiger partial charge on any atom is 0.288 e. The second kappa shape index (κ2) is 6.05. The van der Waals surface area contributed by atoms with Crippen LogP contribution in [0.1, 0.15) is 22.2 Å². The summed E-state index contributed by atoms with van der Waals surface area (Å²) in [6.45, 7) is 0.0306. The van der Waals surface area contributed by atoms with Crippen LogP contribution in [0.15, 0.2) is 59.2 Å². The Labute approximate surface area is 142 Å². The van der Waals surface area contributed by atoms with Crippen LogP contribution in [0.25, 0.3) is 11.1 Å². The second-order valence-corrected chi connectivity index (χ2v) is 5.67. The molecule has 4 rings (SSSR count). The van der Waals surface area contributed by atoms with Crippen LogP contribution in [0.2, 0.25) is 0 Å². The zero-order chi connectivity index (χ0) is 17.4. The van der Waals surface area contributed by atoms with Gasteiger partial charge < -0.3 is 14.5 Å². The molecule has 1 N–H and O–H groups in total. The van der Waals surface area contributed by atoms with E-state index in [-0.39, 0.29) is 23.7 Å².